The lowest BCUT2D eigenvalue weighted by atomic mass is 9.71. The Bertz CT molecular complexity index is 1130. The van der Waals surface area contributed by atoms with Gasteiger partial charge in [0.25, 0.3) is 5.91 Å². The van der Waals surface area contributed by atoms with E-state index in [9.17, 15) is 9.90 Å². The molecule has 3 aliphatic rings. The van der Waals surface area contributed by atoms with Crippen LogP contribution in [0.3, 0.4) is 0 Å². The summed E-state index contributed by atoms with van der Waals surface area (Å²) in [5.74, 6) is 0.859. The summed E-state index contributed by atoms with van der Waals surface area (Å²) in [5, 5.41) is 13.1. The monoisotopic (exact) mass is 482 g/mol. The summed E-state index contributed by atoms with van der Waals surface area (Å²) < 4.78 is 15.9. The second kappa shape index (κ2) is 9.72. The molecule has 8 nitrogen and oxygen atoms in total. The molecule has 3 heterocycles. The van der Waals surface area contributed by atoms with Crippen molar-refractivity contribution in [1.29, 1.82) is 0 Å². The van der Waals surface area contributed by atoms with Gasteiger partial charge in [0.15, 0.2) is 0 Å². The van der Waals surface area contributed by atoms with Crippen molar-refractivity contribution in [2.45, 2.75) is 56.8 Å². The van der Waals surface area contributed by atoms with Crippen LogP contribution in [0.15, 0.2) is 30.0 Å². The largest absolute Gasteiger partial charge is 0.508 e. The van der Waals surface area contributed by atoms with Crippen LogP contribution in [0.25, 0.3) is 5.57 Å². The van der Waals surface area contributed by atoms with Gasteiger partial charge in [0.05, 0.1) is 24.0 Å². The van der Waals surface area contributed by atoms with Crippen molar-refractivity contribution in [2.24, 2.45) is 5.92 Å². The number of carbonyl (C=O) groups excluding carboxylic acids is 1. The van der Waals surface area contributed by atoms with Gasteiger partial charge in [-0.3, -0.25) is 10.2 Å². The van der Waals surface area contributed by atoms with Gasteiger partial charge < -0.3 is 20.3 Å². The Labute approximate surface area is 205 Å². The van der Waals surface area contributed by atoms with E-state index in [1.54, 1.807) is 37.3 Å². The fourth-order valence-corrected chi connectivity index (χ4v) is 6.01. The third-order valence-corrected chi connectivity index (χ3v) is 7.84. The molecule has 0 bridgehead atoms. The van der Waals surface area contributed by atoms with Gasteiger partial charge >= 0.3 is 0 Å². The van der Waals surface area contributed by atoms with E-state index in [1.807, 2.05) is 13.0 Å². The zero-order chi connectivity index (χ0) is 24.7. The molecule has 5 N–H and O–H groups in total. The number of hydrogen-bond donors (Lipinski definition) is 5. The van der Waals surface area contributed by atoms with Crippen LogP contribution in [-0.4, -0.2) is 65.3 Å². The first-order chi connectivity index (χ1) is 16.9. The number of hydrazine groups is 1. The predicted octanol–water partition coefficient (Wildman–Crippen LogP) is 2.56. The summed E-state index contributed by atoms with van der Waals surface area (Å²) in [5.41, 5.74) is 11.1. The molecule has 1 saturated carbocycles. The van der Waals surface area contributed by atoms with Gasteiger partial charge in [-0.05, 0) is 61.1 Å². The molecule has 1 amide bonds. The first-order valence-corrected chi connectivity index (χ1v) is 12.6. The number of alkyl halides is 1. The number of halogens is 1. The first-order valence-electron chi connectivity index (χ1n) is 12.6. The fourth-order valence-electron chi connectivity index (χ4n) is 6.01. The van der Waals surface area contributed by atoms with Crippen molar-refractivity contribution in [2.75, 3.05) is 27.2 Å². The molecule has 2 aromatic rings. The SMILES string of the molecule is CCc1cc(O)ccc1C1CCC2C(c3ncc(C4=C(C(=O)N(C)C)CNCC4)[nH]3)NNC2C1F. The maximum atomic E-state index is 15.9. The fraction of sp³-hybridized carbons (Fsp3) is 0.538. The molecular weight excluding hydrogens is 447 g/mol. The number of rotatable bonds is 5. The Morgan fingerprint density at radius 3 is 2.86 bits per heavy atom. The van der Waals surface area contributed by atoms with Crippen molar-refractivity contribution in [3.8, 4) is 5.75 Å². The number of amides is 1. The maximum Gasteiger partial charge on any atom is 0.250 e. The Kier molecular flexibility index (Phi) is 6.65. The number of phenolic OH excluding ortho intramolecular Hbond substituents is 1. The summed E-state index contributed by atoms with van der Waals surface area (Å²) in [6.07, 6.45) is 3.86. The minimum atomic E-state index is -1.05. The van der Waals surface area contributed by atoms with Gasteiger partial charge in [0, 0.05) is 38.0 Å². The van der Waals surface area contributed by atoms with Gasteiger partial charge in [-0.2, -0.15) is 0 Å². The van der Waals surface area contributed by atoms with Crippen LogP contribution in [0, 0.1) is 5.92 Å². The minimum Gasteiger partial charge on any atom is -0.508 e. The predicted molar refractivity (Wildman–Crippen MR) is 132 cm³/mol. The highest BCUT2D eigenvalue weighted by Crippen LogP contribution is 2.45. The minimum absolute atomic E-state index is 0.00310. The number of imidazole rings is 1. The Morgan fingerprint density at radius 1 is 1.26 bits per heavy atom. The lowest BCUT2D eigenvalue weighted by molar-refractivity contribution is -0.124. The maximum absolute atomic E-state index is 15.9. The Balaban J connectivity index is 1.36. The quantitative estimate of drug-likeness (QED) is 0.449. The number of nitrogens with one attached hydrogen (secondary N) is 4. The summed E-state index contributed by atoms with van der Waals surface area (Å²) in [6.45, 7) is 3.38. The topological polar surface area (TPSA) is 105 Å². The van der Waals surface area contributed by atoms with E-state index >= 15 is 4.39 Å². The summed E-state index contributed by atoms with van der Waals surface area (Å²) in [6, 6.07) is 4.84. The molecule has 9 heteroatoms. The molecule has 2 fully saturated rings. The zero-order valence-corrected chi connectivity index (χ0v) is 20.6. The molecule has 1 aliphatic carbocycles. The smallest absolute Gasteiger partial charge is 0.250 e. The van der Waals surface area contributed by atoms with Gasteiger partial charge in [0.2, 0.25) is 0 Å². The van der Waals surface area contributed by atoms with E-state index in [0.29, 0.717) is 6.54 Å². The second-order valence-corrected chi connectivity index (χ2v) is 10.1. The van der Waals surface area contributed by atoms with Crippen molar-refractivity contribution in [1.82, 2.24) is 31.0 Å². The van der Waals surface area contributed by atoms with E-state index in [4.69, 9.17) is 0 Å². The van der Waals surface area contributed by atoms with E-state index in [2.05, 4.69) is 26.1 Å². The Hall–Kier alpha value is -2.75. The van der Waals surface area contributed by atoms with Gasteiger partial charge in [-0.1, -0.05) is 13.0 Å². The molecule has 188 valence electrons. The molecule has 0 spiro atoms. The van der Waals surface area contributed by atoms with Crippen LogP contribution < -0.4 is 16.2 Å². The molecule has 5 unspecified atom stereocenters. The number of carbonyl (C=O) groups is 1. The van der Waals surface area contributed by atoms with Crippen molar-refractivity contribution < 1.29 is 14.3 Å². The van der Waals surface area contributed by atoms with E-state index in [-0.39, 0.29) is 35.6 Å². The number of fused-ring (bicyclic) bond motifs is 1. The standard InChI is InChI=1S/C26H35FN6O2/c1-4-14-11-15(34)5-6-16(14)18-7-8-19-23(22(18)27)31-32-24(19)25-29-13-21(30-25)17-9-10-28-12-20(17)26(35)33(2)3/h5-6,11,13,18-19,22-24,28,31-32,34H,4,7-10,12H2,1-3H3,(H,29,30). The van der Waals surface area contributed by atoms with Crippen LogP contribution in [0.1, 0.15) is 60.8 Å². The van der Waals surface area contributed by atoms with Crippen molar-refractivity contribution >= 4 is 11.5 Å². The molecule has 1 aromatic heterocycles. The number of aromatic hydroxyl groups is 1. The van der Waals surface area contributed by atoms with E-state index in [0.717, 1.165) is 66.0 Å². The van der Waals surface area contributed by atoms with Crippen LogP contribution >= 0.6 is 0 Å². The highest BCUT2D eigenvalue weighted by molar-refractivity contribution is 6.01. The molecule has 35 heavy (non-hydrogen) atoms. The van der Waals surface area contributed by atoms with Gasteiger partial charge in [-0.15, -0.1) is 0 Å². The zero-order valence-electron chi connectivity index (χ0n) is 20.6. The number of aromatic nitrogens is 2. The van der Waals surface area contributed by atoms with E-state index in [1.165, 1.54) is 0 Å². The first kappa shape index (κ1) is 24.0. The number of benzene rings is 1. The van der Waals surface area contributed by atoms with Crippen LogP contribution in [0.2, 0.25) is 0 Å². The molecule has 1 saturated heterocycles. The Morgan fingerprint density at radius 2 is 2.09 bits per heavy atom. The van der Waals surface area contributed by atoms with Crippen LogP contribution in [0.5, 0.6) is 5.75 Å². The number of aromatic amines is 1. The number of aryl methyl sites for hydroxylation is 1. The van der Waals surface area contributed by atoms with E-state index < -0.39 is 6.17 Å². The summed E-state index contributed by atoms with van der Waals surface area (Å²) in [4.78, 5) is 22.4. The normalized spacial score (nSPS) is 28.7. The number of likely N-dealkylation sites (N-methyl/N-ethyl adjacent to an activating group) is 1. The average Bonchev–Trinajstić information content (AvgIpc) is 3.51. The van der Waals surface area contributed by atoms with Crippen molar-refractivity contribution in [3.63, 3.8) is 0 Å². The molecule has 2 aliphatic heterocycles. The number of H-pyrrole nitrogens is 1. The lowest BCUT2D eigenvalue weighted by Gasteiger charge is -2.36. The molecule has 5 rings (SSSR count). The number of phenols is 1. The van der Waals surface area contributed by atoms with Crippen molar-refractivity contribution in [3.05, 3.63) is 52.6 Å². The van der Waals surface area contributed by atoms with Gasteiger partial charge in [0.1, 0.15) is 17.7 Å². The van der Waals surface area contributed by atoms with Crippen LogP contribution in [-0.2, 0) is 11.2 Å². The lowest BCUT2D eigenvalue weighted by Crippen LogP contribution is -2.45. The van der Waals surface area contributed by atoms with Crippen LogP contribution in [0.4, 0.5) is 4.39 Å². The third kappa shape index (κ3) is 4.37. The summed E-state index contributed by atoms with van der Waals surface area (Å²) in [7, 11) is 3.53. The molecule has 0 radical (unpaired) electrons. The molecule has 5 atom stereocenters. The average molecular weight is 483 g/mol. The molecular formula is C26H35FN6O2. The molecule has 1 aromatic carbocycles. The number of nitrogens with zero attached hydrogens (tertiary/aromatic N) is 2. The summed E-state index contributed by atoms with van der Waals surface area (Å²) >= 11 is 0. The van der Waals surface area contributed by atoms with Gasteiger partial charge in [-0.25, -0.2) is 14.8 Å². The highest BCUT2D eigenvalue weighted by Gasteiger charge is 2.48. The highest BCUT2D eigenvalue weighted by atomic mass is 19.1. The number of hydrogen-bond acceptors (Lipinski definition) is 6. The third-order valence-electron chi connectivity index (χ3n) is 7.84. The second-order valence-electron chi connectivity index (χ2n) is 10.1.